The van der Waals surface area contributed by atoms with Crippen molar-refractivity contribution in [3.05, 3.63) is 38.3 Å². The smallest absolute Gasteiger partial charge is 0.357 e. The Kier molecular flexibility index (Phi) is 4.52. The summed E-state index contributed by atoms with van der Waals surface area (Å²) in [4.78, 5) is 15.3. The fourth-order valence-electron chi connectivity index (χ4n) is 1.30. The summed E-state index contributed by atoms with van der Waals surface area (Å²) in [5, 5.41) is 6.17. The number of aromatic nitrogens is 1. The third kappa shape index (κ3) is 3.30. The van der Waals surface area contributed by atoms with E-state index in [9.17, 15) is 4.79 Å². The highest BCUT2D eigenvalue weighted by molar-refractivity contribution is 7.14. The topological polar surface area (TPSA) is 51.2 Å². The number of halogens is 3. The summed E-state index contributed by atoms with van der Waals surface area (Å²) in [5.41, 5.74) is 0.703. The Hall–Kier alpha value is -1.01. The van der Waals surface area contributed by atoms with Gasteiger partial charge in [-0.05, 0) is 12.1 Å². The molecule has 8 heteroatoms. The second-order valence-electron chi connectivity index (χ2n) is 3.40. The van der Waals surface area contributed by atoms with Crippen LogP contribution < -0.4 is 5.32 Å². The van der Waals surface area contributed by atoms with Crippen LogP contribution in [-0.4, -0.2) is 18.1 Å². The van der Waals surface area contributed by atoms with Crippen molar-refractivity contribution in [2.75, 3.05) is 12.4 Å². The third-order valence-electron chi connectivity index (χ3n) is 2.14. The Morgan fingerprint density at radius 1 is 1.32 bits per heavy atom. The van der Waals surface area contributed by atoms with Gasteiger partial charge in [0.05, 0.1) is 22.8 Å². The van der Waals surface area contributed by atoms with Crippen LogP contribution in [0.5, 0.6) is 0 Å². The van der Waals surface area contributed by atoms with Crippen LogP contribution in [0.25, 0.3) is 0 Å². The molecule has 0 atom stereocenters. The Bertz CT molecular complexity index is 607. The van der Waals surface area contributed by atoms with Crippen molar-refractivity contribution in [2.24, 2.45) is 0 Å². The number of benzene rings is 1. The Morgan fingerprint density at radius 2 is 1.95 bits per heavy atom. The first-order chi connectivity index (χ1) is 9.01. The maximum atomic E-state index is 11.3. The van der Waals surface area contributed by atoms with Crippen LogP contribution in [0.15, 0.2) is 17.5 Å². The molecule has 0 saturated heterocycles. The number of hydrogen-bond donors (Lipinski definition) is 1. The number of nitrogens with one attached hydrogen (secondary N) is 1. The van der Waals surface area contributed by atoms with E-state index >= 15 is 0 Å². The number of carbonyl (C=O) groups excluding carboxylic acids is 1. The van der Waals surface area contributed by atoms with E-state index in [1.165, 1.54) is 18.4 Å². The molecule has 1 aromatic heterocycles. The summed E-state index contributed by atoms with van der Waals surface area (Å²) >= 11 is 19.1. The molecule has 0 radical (unpaired) electrons. The monoisotopic (exact) mass is 336 g/mol. The number of anilines is 2. The fourth-order valence-corrected chi connectivity index (χ4v) is 2.89. The van der Waals surface area contributed by atoms with Crippen molar-refractivity contribution in [3.63, 3.8) is 0 Å². The lowest BCUT2D eigenvalue weighted by molar-refractivity contribution is 0.0595. The lowest BCUT2D eigenvalue weighted by atomic mass is 10.3. The normalized spacial score (nSPS) is 10.3. The molecule has 0 bridgehead atoms. The quantitative estimate of drug-likeness (QED) is 0.829. The van der Waals surface area contributed by atoms with Gasteiger partial charge < -0.3 is 10.1 Å². The molecular formula is C11H7Cl3N2O2S. The van der Waals surface area contributed by atoms with Gasteiger partial charge in [0.25, 0.3) is 0 Å². The molecule has 2 aromatic rings. The van der Waals surface area contributed by atoms with E-state index < -0.39 is 5.97 Å². The van der Waals surface area contributed by atoms with Crippen molar-refractivity contribution < 1.29 is 9.53 Å². The summed E-state index contributed by atoms with van der Waals surface area (Å²) in [7, 11) is 1.29. The number of hydrogen-bond acceptors (Lipinski definition) is 5. The van der Waals surface area contributed by atoms with Crippen molar-refractivity contribution in [3.8, 4) is 0 Å². The largest absolute Gasteiger partial charge is 0.464 e. The Balaban J connectivity index is 2.27. The van der Waals surface area contributed by atoms with E-state index in [1.807, 2.05) is 0 Å². The van der Waals surface area contributed by atoms with E-state index in [0.717, 1.165) is 0 Å². The zero-order chi connectivity index (χ0) is 14.0. The molecule has 0 aliphatic heterocycles. The average Bonchev–Trinajstić information content (AvgIpc) is 2.81. The first kappa shape index (κ1) is 14.4. The molecule has 2 rings (SSSR count). The molecule has 1 heterocycles. The lowest BCUT2D eigenvalue weighted by Gasteiger charge is -2.08. The molecule has 0 saturated carbocycles. The molecule has 1 aromatic carbocycles. The van der Waals surface area contributed by atoms with Gasteiger partial charge in [-0.25, -0.2) is 9.78 Å². The number of rotatable bonds is 3. The minimum atomic E-state index is -0.502. The second kappa shape index (κ2) is 5.96. The molecule has 0 unspecified atom stereocenters. The van der Waals surface area contributed by atoms with Crippen molar-refractivity contribution in [1.82, 2.24) is 4.98 Å². The van der Waals surface area contributed by atoms with Crippen LogP contribution in [0.2, 0.25) is 15.1 Å². The first-order valence-electron chi connectivity index (χ1n) is 4.96. The number of thiazole rings is 1. The van der Waals surface area contributed by atoms with Crippen molar-refractivity contribution in [2.45, 2.75) is 0 Å². The van der Waals surface area contributed by atoms with Crippen LogP contribution in [0.4, 0.5) is 10.8 Å². The summed E-state index contributed by atoms with van der Waals surface area (Å²) in [6, 6.07) is 3.12. The average molecular weight is 338 g/mol. The molecule has 19 heavy (non-hydrogen) atoms. The van der Waals surface area contributed by atoms with Crippen molar-refractivity contribution in [1.29, 1.82) is 0 Å². The van der Waals surface area contributed by atoms with Gasteiger partial charge in [-0.3, -0.25) is 0 Å². The molecule has 0 fully saturated rings. The van der Waals surface area contributed by atoms with Gasteiger partial charge in [-0.15, -0.1) is 11.3 Å². The van der Waals surface area contributed by atoms with E-state index in [2.05, 4.69) is 15.0 Å². The standard InChI is InChI=1S/C11H7Cl3N2O2S/c1-18-10(17)8-4-19-11(15-8)16-9-6(13)2-5(12)3-7(9)14/h2-4H,1H3,(H,15,16). The number of esters is 1. The van der Waals surface area contributed by atoms with Crippen LogP contribution in [0, 0.1) is 0 Å². The third-order valence-corrected chi connectivity index (χ3v) is 3.71. The van der Waals surface area contributed by atoms with Gasteiger partial charge in [0.1, 0.15) is 0 Å². The predicted molar refractivity (Wildman–Crippen MR) is 78.2 cm³/mol. The van der Waals surface area contributed by atoms with Gasteiger partial charge in [0.2, 0.25) is 0 Å². The van der Waals surface area contributed by atoms with E-state index in [-0.39, 0.29) is 5.69 Å². The Morgan fingerprint density at radius 3 is 2.53 bits per heavy atom. The van der Waals surface area contributed by atoms with Crippen molar-refractivity contribution >= 4 is 62.9 Å². The molecule has 4 nitrogen and oxygen atoms in total. The highest BCUT2D eigenvalue weighted by Gasteiger charge is 2.13. The number of ether oxygens (including phenoxy) is 1. The number of methoxy groups -OCH3 is 1. The minimum absolute atomic E-state index is 0.219. The zero-order valence-corrected chi connectivity index (χ0v) is 12.6. The summed E-state index contributed by atoms with van der Waals surface area (Å²) in [6.07, 6.45) is 0. The SMILES string of the molecule is COC(=O)c1csc(Nc2c(Cl)cc(Cl)cc2Cl)n1. The summed E-state index contributed by atoms with van der Waals surface area (Å²) in [5.74, 6) is -0.502. The predicted octanol–water partition coefficient (Wildman–Crippen LogP) is 4.63. The molecule has 0 spiro atoms. The zero-order valence-electron chi connectivity index (χ0n) is 9.54. The van der Waals surface area contributed by atoms with Gasteiger partial charge in [-0.1, -0.05) is 34.8 Å². The Labute approximate surface area is 128 Å². The van der Waals surface area contributed by atoms with E-state index in [1.54, 1.807) is 17.5 Å². The van der Waals surface area contributed by atoms with Gasteiger partial charge in [0, 0.05) is 10.4 Å². The molecular weight excluding hydrogens is 331 g/mol. The molecule has 1 N–H and O–H groups in total. The van der Waals surface area contributed by atoms with Crippen LogP contribution in [0.3, 0.4) is 0 Å². The summed E-state index contributed by atoms with van der Waals surface area (Å²) < 4.78 is 4.57. The van der Waals surface area contributed by atoms with Gasteiger partial charge in [-0.2, -0.15) is 0 Å². The van der Waals surface area contributed by atoms with Crippen LogP contribution in [-0.2, 0) is 4.74 Å². The first-order valence-corrected chi connectivity index (χ1v) is 6.98. The fraction of sp³-hybridized carbons (Fsp3) is 0.0909. The maximum absolute atomic E-state index is 11.3. The molecule has 0 aliphatic carbocycles. The van der Waals surface area contributed by atoms with Gasteiger partial charge in [0.15, 0.2) is 10.8 Å². The van der Waals surface area contributed by atoms with Gasteiger partial charge >= 0.3 is 5.97 Å². The number of carbonyl (C=O) groups is 1. The molecule has 100 valence electrons. The van der Waals surface area contributed by atoms with Crippen LogP contribution >= 0.6 is 46.1 Å². The summed E-state index contributed by atoms with van der Waals surface area (Å²) in [6.45, 7) is 0. The highest BCUT2D eigenvalue weighted by atomic mass is 35.5. The van der Waals surface area contributed by atoms with E-state index in [4.69, 9.17) is 34.8 Å². The van der Waals surface area contributed by atoms with E-state index in [0.29, 0.717) is 25.9 Å². The minimum Gasteiger partial charge on any atom is -0.464 e. The molecule has 0 aliphatic rings. The number of nitrogens with zero attached hydrogens (tertiary/aromatic N) is 1. The highest BCUT2D eigenvalue weighted by Crippen LogP contribution is 2.36. The maximum Gasteiger partial charge on any atom is 0.357 e. The van der Waals surface area contributed by atoms with Crippen LogP contribution in [0.1, 0.15) is 10.5 Å². The lowest BCUT2D eigenvalue weighted by Crippen LogP contribution is -2.01. The second-order valence-corrected chi connectivity index (χ2v) is 5.51. The molecule has 0 amide bonds.